The third kappa shape index (κ3) is 5.50. The second-order valence-electron chi connectivity index (χ2n) is 9.57. The first-order valence-electron chi connectivity index (χ1n) is 12.0. The van der Waals surface area contributed by atoms with Gasteiger partial charge in [0.15, 0.2) is 5.82 Å². The van der Waals surface area contributed by atoms with Gasteiger partial charge in [0.2, 0.25) is 15.9 Å². The molecule has 0 bridgehead atoms. The summed E-state index contributed by atoms with van der Waals surface area (Å²) >= 11 is 0. The standard InChI is InChI=1S/C24H21F6N5O4S/c25-23(26,27)15-3-1-13(2-4-15)18-12-19(18)21(36)34-5-7-35(8-6-34)40(38,39)17-10-14(20-31-22(37)33-32-20)9-16(11-17)24(28,29)30/h1-4,9-11,18-19H,5-8,12H2,(H2,31,32,33,37)/t18-,19+/m0/s1. The molecule has 214 valence electrons. The van der Waals surface area contributed by atoms with E-state index in [2.05, 4.69) is 10.1 Å². The number of sulfonamides is 1. The lowest BCUT2D eigenvalue weighted by Gasteiger charge is -2.34. The van der Waals surface area contributed by atoms with E-state index >= 15 is 0 Å². The first-order chi connectivity index (χ1) is 18.6. The maximum absolute atomic E-state index is 13.5. The van der Waals surface area contributed by atoms with Gasteiger partial charge in [-0.05, 0) is 48.2 Å². The molecule has 1 aliphatic heterocycles. The predicted octanol–water partition coefficient (Wildman–Crippen LogP) is 3.44. The smallest absolute Gasteiger partial charge is 0.340 e. The van der Waals surface area contributed by atoms with Gasteiger partial charge in [0.1, 0.15) is 0 Å². The third-order valence-electron chi connectivity index (χ3n) is 6.97. The van der Waals surface area contributed by atoms with Crippen molar-refractivity contribution in [1.29, 1.82) is 0 Å². The number of carbonyl (C=O) groups is 1. The third-order valence-corrected chi connectivity index (χ3v) is 8.85. The Balaban J connectivity index is 1.28. The van der Waals surface area contributed by atoms with Crippen molar-refractivity contribution in [3.05, 3.63) is 69.6 Å². The summed E-state index contributed by atoms with van der Waals surface area (Å²) in [7, 11) is -4.42. The van der Waals surface area contributed by atoms with Crippen LogP contribution in [-0.2, 0) is 27.2 Å². The van der Waals surface area contributed by atoms with Crippen molar-refractivity contribution in [2.75, 3.05) is 26.2 Å². The molecule has 40 heavy (non-hydrogen) atoms. The molecule has 2 aliphatic rings. The average Bonchev–Trinajstić information content (AvgIpc) is 3.59. The molecule has 9 nitrogen and oxygen atoms in total. The largest absolute Gasteiger partial charge is 0.416 e. The number of H-pyrrole nitrogens is 2. The maximum atomic E-state index is 13.5. The number of amides is 1. The van der Waals surface area contributed by atoms with Crippen LogP contribution in [0.15, 0.2) is 52.2 Å². The molecule has 16 heteroatoms. The number of aromatic nitrogens is 3. The topological polar surface area (TPSA) is 119 Å². The Hall–Kier alpha value is -3.66. The molecule has 2 N–H and O–H groups in total. The summed E-state index contributed by atoms with van der Waals surface area (Å²) in [6, 6.07) is 6.75. The average molecular weight is 590 g/mol. The van der Waals surface area contributed by atoms with Crippen molar-refractivity contribution < 1.29 is 39.6 Å². The number of rotatable bonds is 5. The van der Waals surface area contributed by atoms with E-state index in [4.69, 9.17) is 0 Å². The normalized spacial score (nSPS) is 20.5. The number of carbonyl (C=O) groups excluding carboxylic acids is 1. The van der Waals surface area contributed by atoms with E-state index in [-0.39, 0.29) is 49.4 Å². The molecule has 2 heterocycles. The highest BCUT2D eigenvalue weighted by Crippen LogP contribution is 2.49. The zero-order valence-electron chi connectivity index (χ0n) is 20.4. The van der Waals surface area contributed by atoms with Crippen LogP contribution in [0.3, 0.4) is 0 Å². The molecular weight excluding hydrogens is 568 g/mol. The van der Waals surface area contributed by atoms with Gasteiger partial charge in [-0.1, -0.05) is 12.1 Å². The van der Waals surface area contributed by atoms with Crippen LogP contribution in [0.5, 0.6) is 0 Å². The lowest BCUT2D eigenvalue weighted by Crippen LogP contribution is -2.51. The Morgan fingerprint density at radius 2 is 1.52 bits per heavy atom. The molecule has 1 saturated heterocycles. The summed E-state index contributed by atoms with van der Waals surface area (Å²) in [6.45, 7) is -0.354. The number of benzene rings is 2. The Bertz CT molecular complexity index is 1590. The molecule has 5 rings (SSSR count). The first-order valence-corrected chi connectivity index (χ1v) is 13.4. The Morgan fingerprint density at radius 3 is 2.08 bits per heavy atom. The minimum absolute atomic E-state index is 0.00714. The van der Waals surface area contributed by atoms with Crippen molar-refractivity contribution in [3.8, 4) is 11.4 Å². The van der Waals surface area contributed by atoms with Crippen molar-refractivity contribution in [2.24, 2.45) is 5.92 Å². The number of hydrogen-bond donors (Lipinski definition) is 2. The van der Waals surface area contributed by atoms with Crippen molar-refractivity contribution >= 4 is 15.9 Å². The summed E-state index contributed by atoms with van der Waals surface area (Å²) in [5, 5.41) is 5.59. The lowest BCUT2D eigenvalue weighted by molar-refractivity contribution is -0.138. The summed E-state index contributed by atoms with van der Waals surface area (Å²) in [5.41, 5.74) is -2.48. The van der Waals surface area contributed by atoms with Gasteiger partial charge in [-0.3, -0.25) is 9.78 Å². The van der Waals surface area contributed by atoms with Crippen molar-refractivity contribution in [2.45, 2.75) is 29.6 Å². The zero-order chi connectivity index (χ0) is 29.0. The van der Waals surface area contributed by atoms with Crippen LogP contribution in [-0.4, -0.2) is 64.9 Å². The molecule has 1 amide bonds. The monoisotopic (exact) mass is 589 g/mol. The van der Waals surface area contributed by atoms with Gasteiger partial charge in [-0.2, -0.15) is 35.7 Å². The molecule has 2 fully saturated rings. The van der Waals surface area contributed by atoms with E-state index in [0.29, 0.717) is 24.1 Å². The SMILES string of the molecule is O=C([C@@H]1C[C@H]1c1ccc(C(F)(F)F)cc1)N1CCN(S(=O)(=O)c2cc(-c3n[nH]c(=O)[nH]3)cc(C(F)(F)F)c2)CC1. The number of alkyl halides is 6. The van der Waals surface area contributed by atoms with E-state index in [0.717, 1.165) is 22.5 Å². The van der Waals surface area contributed by atoms with Crippen LogP contribution >= 0.6 is 0 Å². The fraction of sp³-hybridized carbons (Fsp3) is 0.375. The summed E-state index contributed by atoms with van der Waals surface area (Å²) in [4.78, 5) is 27.3. The molecule has 1 aromatic heterocycles. The quantitative estimate of drug-likeness (QED) is 0.442. The van der Waals surface area contributed by atoms with Crippen molar-refractivity contribution in [1.82, 2.24) is 24.4 Å². The molecule has 1 saturated carbocycles. The summed E-state index contributed by atoms with van der Waals surface area (Å²) < 4.78 is 107. The van der Waals surface area contributed by atoms with Crippen LogP contribution in [0.1, 0.15) is 29.0 Å². The second-order valence-corrected chi connectivity index (χ2v) is 11.5. The number of nitrogens with zero attached hydrogens (tertiary/aromatic N) is 3. The van der Waals surface area contributed by atoms with Gasteiger partial charge in [0, 0.05) is 37.7 Å². The van der Waals surface area contributed by atoms with Crippen LogP contribution in [0.2, 0.25) is 0 Å². The van der Waals surface area contributed by atoms with Crippen LogP contribution in [0.4, 0.5) is 26.3 Å². The second kappa shape index (κ2) is 9.76. The Labute approximate surface area is 222 Å². The number of aromatic amines is 2. The molecule has 2 atom stereocenters. The van der Waals surface area contributed by atoms with Crippen LogP contribution in [0.25, 0.3) is 11.4 Å². The van der Waals surface area contributed by atoms with E-state index < -0.39 is 50.0 Å². The minimum Gasteiger partial charge on any atom is -0.340 e. The van der Waals surface area contributed by atoms with Gasteiger partial charge in [-0.15, -0.1) is 0 Å². The Morgan fingerprint density at radius 1 is 0.900 bits per heavy atom. The summed E-state index contributed by atoms with van der Waals surface area (Å²) in [5.74, 6) is -1.21. The van der Waals surface area contributed by atoms with Crippen molar-refractivity contribution in [3.63, 3.8) is 0 Å². The number of nitrogens with one attached hydrogen (secondary N) is 2. The number of halogens is 6. The van der Waals surface area contributed by atoms with E-state index in [1.165, 1.54) is 17.0 Å². The molecule has 3 aromatic rings. The van der Waals surface area contributed by atoms with E-state index in [1.54, 1.807) is 0 Å². The van der Waals surface area contributed by atoms with Gasteiger partial charge < -0.3 is 4.90 Å². The van der Waals surface area contributed by atoms with Gasteiger partial charge in [0.25, 0.3) is 0 Å². The maximum Gasteiger partial charge on any atom is 0.416 e. The van der Waals surface area contributed by atoms with Crippen LogP contribution < -0.4 is 5.69 Å². The number of piperazine rings is 1. The van der Waals surface area contributed by atoms with Gasteiger partial charge >= 0.3 is 18.0 Å². The highest BCUT2D eigenvalue weighted by molar-refractivity contribution is 7.89. The molecular formula is C24H21F6N5O4S. The fourth-order valence-electron chi connectivity index (χ4n) is 4.74. The highest BCUT2D eigenvalue weighted by atomic mass is 32.2. The van der Waals surface area contributed by atoms with Gasteiger partial charge in [0.05, 0.1) is 16.0 Å². The molecule has 0 spiro atoms. The molecule has 0 radical (unpaired) electrons. The van der Waals surface area contributed by atoms with E-state index in [9.17, 15) is 44.3 Å². The highest BCUT2D eigenvalue weighted by Gasteiger charge is 2.47. The molecule has 1 aliphatic carbocycles. The predicted molar refractivity (Wildman–Crippen MR) is 127 cm³/mol. The molecule has 0 unspecified atom stereocenters. The number of hydrogen-bond acceptors (Lipinski definition) is 5. The fourth-order valence-corrected chi connectivity index (χ4v) is 6.24. The minimum atomic E-state index is -4.88. The van der Waals surface area contributed by atoms with Crippen LogP contribution in [0, 0.1) is 5.92 Å². The lowest BCUT2D eigenvalue weighted by atomic mass is 10.1. The zero-order valence-corrected chi connectivity index (χ0v) is 21.2. The molecule has 2 aromatic carbocycles. The summed E-state index contributed by atoms with van der Waals surface area (Å²) in [6.07, 6.45) is -8.90. The van der Waals surface area contributed by atoms with E-state index in [1.807, 2.05) is 5.10 Å². The Kier molecular flexibility index (Phi) is 6.81. The van der Waals surface area contributed by atoms with Gasteiger partial charge in [-0.25, -0.2) is 18.3 Å². The first kappa shape index (κ1) is 27.9.